The van der Waals surface area contributed by atoms with Crippen molar-refractivity contribution >= 4 is 11.6 Å². The second-order valence-electron chi connectivity index (χ2n) is 4.99. The van der Waals surface area contributed by atoms with Crippen molar-refractivity contribution in [3.63, 3.8) is 0 Å². The Labute approximate surface area is 117 Å². The summed E-state index contributed by atoms with van der Waals surface area (Å²) in [5.41, 5.74) is 4.53. The Bertz CT molecular complexity index is 592. The molecule has 2 aromatic rings. The van der Waals surface area contributed by atoms with Crippen LogP contribution in [0.1, 0.15) is 30.5 Å². The first kappa shape index (κ1) is 12.6. The first-order valence-corrected chi connectivity index (χ1v) is 7.06. The van der Waals surface area contributed by atoms with Crippen molar-refractivity contribution in [3.8, 4) is 11.1 Å². The standard InChI is InChI=1S/C16H15ClFN/c17-16-10-14(11-6-8-12(18)9-7-11)13-4-2-1-3-5-15(13)19-16/h6-10H,1-5H2. The molecule has 0 saturated heterocycles. The van der Waals surface area contributed by atoms with Crippen LogP contribution in [0, 0.1) is 5.82 Å². The van der Waals surface area contributed by atoms with E-state index in [1.165, 1.54) is 37.0 Å². The summed E-state index contributed by atoms with van der Waals surface area (Å²) < 4.78 is 13.0. The molecule has 0 N–H and O–H groups in total. The van der Waals surface area contributed by atoms with E-state index in [0.717, 1.165) is 29.7 Å². The van der Waals surface area contributed by atoms with Crippen molar-refractivity contribution in [3.05, 3.63) is 52.6 Å². The molecule has 3 rings (SSSR count). The zero-order valence-corrected chi connectivity index (χ0v) is 11.4. The number of aryl methyl sites for hydroxylation is 1. The predicted octanol–water partition coefficient (Wildman–Crippen LogP) is 4.81. The van der Waals surface area contributed by atoms with E-state index in [9.17, 15) is 4.39 Å². The van der Waals surface area contributed by atoms with Crippen LogP contribution in [0.5, 0.6) is 0 Å². The number of aromatic nitrogens is 1. The minimum absolute atomic E-state index is 0.213. The molecule has 1 nitrogen and oxygen atoms in total. The predicted molar refractivity (Wildman–Crippen MR) is 75.9 cm³/mol. The average Bonchev–Trinajstić information content (AvgIpc) is 2.64. The highest BCUT2D eigenvalue weighted by atomic mass is 35.5. The maximum absolute atomic E-state index is 13.0. The Morgan fingerprint density at radius 1 is 1.00 bits per heavy atom. The molecule has 0 aliphatic heterocycles. The maximum atomic E-state index is 13.0. The molecular weight excluding hydrogens is 261 g/mol. The van der Waals surface area contributed by atoms with Crippen molar-refractivity contribution in [2.45, 2.75) is 32.1 Å². The Morgan fingerprint density at radius 2 is 1.74 bits per heavy atom. The molecule has 1 heterocycles. The molecule has 0 unspecified atom stereocenters. The van der Waals surface area contributed by atoms with Crippen LogP contribution in [0.15, 0.2) is 30.3 Å². The summed E-state index contributed by atoms with van der Waals surface area (Å²) in [6, 6.07) is 8.51. The van der Waals surface area contributed by atoms with E-state index in [2.05, 4.69) is 4.98 Å². The van der Waals surface area contributed by atoms with Gasteiger partial charge in [0.05, 0.1) is 0 Å². The number of fused-ring (bicyclic) bond motifs is 1. The smallest absolute Gasteiger partial charge is 0.129 e. The quantitative estimate of drug-likeness (QED) is 0.538. The second-order valence-corrected chi connectivity index (χ2v) is 5.37. The molecule has 1 aromatic heterocycles. The molecule has 1 aliphatic carbocycles. The molecule has 19 heavy (non-hydrogen) atoms. The van der Waals surface area contributed by atoms with Crippen LogP contribution in [0.25, 0.3) is 11.1 Å². The number of hydrogen-bond acceptors (Lipinski definition) is 1. The number of hydrogen-bond donors (Lipinski definition) is 0. The number of halogens is 2. The van der Waals surface area contributed by atoms with Crippen LogP contribution in [0.3, 0.4) is 0 Å². The largest absolute Gasteiger partial charge is 0.241 e. The summed E-state index contributed by atoms with van der Waals surface area (Å²) in [4.78, 5) is 4.47. The summed E-state index contributed by atoms with van der Waals surface area (Å²) >= 11 is 6.13. The van der Waals surface area contributed by atoms with Crippen LogP contribution in [-0.4, -0.2) is 4.98 Å². The van der Waals surface area contributed by atoms with Crippen LogP contribution in [0.2, 0.25) is 5.15 Å². The lowest BCUT2D eigenvalue weighted by molar-refractivity contribution is 0.628. The minimum atomic E-state index is -0.213. The maximum Gasteiger partial charge on any atom is 0.129 e. The molecule has 0 atom stereocenters. The van der Waals surface area contributed by atoms with Crippen LogP contribution >= 0.6 is 11.6 Å². The van der Waals surface area contributed by atoms with E-state index >= 15 is 0 Å². The van der Waals surface area contributed by atoms with Gasteiger partial charge in [0.15, 0.2) is 0 Å². The van der Waals surface area contributed by atoms with Gasteiger partial charge in [-0.2, -0.15) is 0 Å². The molecule has 3 heteroatoms. The Balaban J connectivity index is 2.14. The van der Waals surface area contributed by atoms with Gasteiger partial charge in [0, 0.05) is 5.69 Å². The molecule has 0 bridgehead atoms. The van der Waals surface area contributed by atoms with Crippen molar-refractivity contribution in [2.75, 3.05) is 0 Å². The number of nitrogens with zero attached hydrogens (tertiary/aromatic N) is 1. The average molecular weight is 276 g/mol. The summed E-state index contributed by atoms with van der Waals surface area (Å²) in [6.07, 6.45) is 5.61. The van der Waals surface area contributed by atoms with Gasteiger partial charge >= 0.3 is 0 Å². The number of pyridine rings is 1. The molecule has 0 spiro atoms. The molecule has 98 valence electrons. The topological polar surface area (TPSA) is 12.9 Å². The Morgan fingerprint density at radius 3 is 2.53 bits per heavy atom. The summed E-state index contributed by atoms with van der Waals surface area (Å²) in [7, 11) is 0. The highest BCUT2D eigenvalue weighted by Crippen LogP contribution is 2.32. The van der Waals surface area contributed by atoms with Gasteiger partial charge in [-0.05, 0) is 60.6 Å². The molecule has 1 aromatic carbocycles. The van der Waals surface area contributed by atoms with Gasteiger partial charge in [-0.3, -0.25) is 0 Å². The number of benzene rings is 1. The lowest BCUT2D eigenvalue weighted by Crippen LogP contribution is -1.99. The summed E-state index contributed by atoms with van der Waals surface area (Å²) in [5.74, 6) is -0.213. The second kappa shape index (κ2) is 5.30. The highest BCUT2D eigenvalue weighted by molar-refractivity contribution is 6.29. The lowest BCUT2D eigenvalue weighted by atomic mass is 9.96. The highest BCUT2D eigenvalue weighted by Gasteiger charge is 2.15. The molecule has 0 radical (unpaired) electrons. The molecule has 1 aliphatic rings. The van der Waals surface area contributed by atoms with Crippen LogP contribution in [-0.2, 0) is 12.8 Å². The van der Waals surface area contributed by atoms with E-state index in [4.69, 9.17) is 11.6 Å². The minimum Gasteiger partial charge on any atom is -0.241 e. The molecule has 0 amide bonds. The van der Waals surface area contributed by atoms with Crippen LogP contribution in [0.4, 0.5) is 4.39 Å². The van der Waals surface area contributed by atoms with Crippen molar-refractivity contribution < 1.29 is 4.39 Å². The van der Waals surface area contributed by atoms with Gasteiger partial charge in [-0.15, -0.1) is 0 Å². The number of rotatable bonds is 1. The van der Waals surface area contributed by atoms with E-state index < -0.39 is 0 Å². The van der Waals surface area contributed by atoms with E-state index in [-0.39, 0.29) is 5.82 Å². The SMILES string of the molecule is Fc1ccc(-c2cc(Cl)nc3c2CCCCC3)cc1. The molecule has 0 saturated carbocycles. The monoisotopic (exact) mass is 275 g/mol. The third kappa shape index (κ3) is 2.64. The van der Waals surface area contributed by atoms with Gasteiger partial charge in [-0.25, -0.2) is 9.37 Å². The van der Waals surface area contributed by atoms with Crippen LogP contribution < -0.4 is 0 Å². The van der Waals surface area contributed by atoms with Gasteiger partial charge in [-0.1, -0.05) is 30.2 Å². The molecular formula is C16H15ClFN. The third-order valence-electron chi connectivity index (χ3n) is 3.67. The van der Waals surface area contributed by atoms with Gasteiger partial charge in [0.25, 0.3) is 0 Å². The van der Waals surface area contributed by atoms with Gasteiger partial charge in [0.1, 0.15) is 11.0 Å². The normalized spacial score (nSPS) is 14.8. The fraction of sp³-hybridized carbons (Fsp3) is 0.312. The van der Waals surface area contributed by atoms with Crippen molar-refractivity contribution in [1.29, 1.82) is 0 Å². The Hall–Kier alpha value is -1.41. The zero-order valence-electron chi connectivity index (χ0n) is 10.6. The van der Waals surface area contributed by atoms with E-state index in [0.29, 0.717) is 5.15 Å². The Kier molecular flexibility index (Phi) is 3.52. The molecule has 0 fully saturated rings. The summed E-state index contributed by atoms with van der Waals surface area (Å²) in [6.45, 7) is 0. The first-order valence-electron chi connectivity index (χ1n) is 6.68. The first-order chi connectivity index (χ1) is 9.24. The van der Waals surface area contributed by atoms with Crippen molar-refractivity contribution in [1.82, 2.24) is 4.98 Å². The van der Waals surface area contributed by atoms with Crippen molar-refractivity contribution in [2.24, 2.45) is 0 Å². The van der Waals surface area contributed by atoms with E-state index in [1.54, 1.807) is 0 Å². The fourth-order valence-electron chi connectivity index (χ4n) is 2.73. The third-order valence-corrected chi connectivity index (χ3v) is 3.87. The fourth-order valence-corrected chi connectivity index (χ4v) is 2.95. The van der Waals surface area contributed by atoms with Gasteiger partial charge in [0.2, 0.25) is 0 Å². The lowest BCUT2D eigenvalue weighted by Gasteiger charge is -2.12. The van der Waals surface area contributed by atoms with Gasteiger partial charge < -0.3 is 0 Å². The van der Waals surface area contributed by atoms with E-state index in [1.807, 2.05) is 18.2 Å². The zero-order chi connectivity index (χ0) is 13.2. The summed E-state index contributed by atoms with van der Waals surface area (Å²) in [5, 5.41) is 0.528.